The fourth-order valence-corrected chi connectivity index (χ4v) is 5.36. The van der Waals surface area contributed by atoms with E-state index in [1.54, 1.807) is 11.0 Å². The Morgan fingerprint density at radius 3 is 2.86 bits per heavy atom. The number of likely N-dealkylation sites (tertiary alicyclic amines) is 1. The Morgan fingerprint density at radius 1 is 1.32 bits per heavy atom. The fraction of sp³-hybridized carbons (Fsp3) is 0.520. The van der Waals surface area contributed by atoms with Crippen molar-refractivity contribution in [3.8, 4) is 11.3 Å². The molecule has 1 aromatic carbocycles. The highest BCUT2D eigenvalue weighted by Crippen LogP contribution is 2.37. The van der Waals surface area contributed by atoms with E-state index in [0.29, 0.717) is 42.2 Å². The van der Waals surface area contributed by atoms with E-state index in [4.69, 9.17) is 26.1 Å². The third kappa shape index (κ3) is 4.95. The molecular weight excluding hydrogens is 503 g/mol. The van der Waals surface area contributed by atoms with Gasteiger partial charge in [0.1, 0.15) is 17.0 Å². The number of rotatable bonds is 5. The topological polar surface area (TPSA) is 115 Å². The average molecular weight is 533 g/mol. The molecule has 0 saturated carbocycles. The van der Waals surface area contributed by atoms with E-state index in [2.05, 4.69) is 19.9 Å². The number of imidazole rings is 1. The quantitative estimate of drug-likeness (QED) is 0.507. The highest BCUT2D eigenvalue weighted by molar-refractivity contribution is 6.35. The third-order valence-electron chi connectivity index (χ3n) is 6.94. The minimum Gasteiger partial charge on any atom is -0.453 e. The van der Waals surface area contributed by atoms with Gasteiger partial charge in [-0.05, 0) is 38.8 Å². The summed E-state index contributed by atoms with van der Waals surface area (Å²) in [6, 6.07) is 3.24. The molecule has 1 amide bonds. The van der Waals surface area contributed by atoms with Crippen molar-refractivity contribution in [2.24, 2.45) is 0 Å². The van der Waals surface area contributed by atoms with Crippen LogP contribution in [0, 0.1) is 5.82 Å². The number of aliphatic hydroxyl groups is 1. The molecule has 12 heteroatoms. The summed E-state index contributed by atoms with van der Waals surface area (Å²) in [5.74, 6) is 0.472. The van der Waals surface area contributed by atoms with Gasteiger partial charge in [0.25, 0.3) is 0 Å². The van der Waals surface area contributed by atoms with Gasteiger partial charge in [0.05, 0.1) is 42.6 Å². The smallest absolute Gasteiger partial charge is 0.409 e. The SMILES string of the molecule is COC(=O)N1CC[C@@H](c2nc3c(Cl)cc(-c4nc(N[C@@H]5CCOC[C@H]5O)ncc4F)cc3n2C(C)C)C1. The number of carbonyl (C=O) groups excluding carboxylic acids is 1. The number of ether oxygens (including phenoxy) is 2. The zero-order valence-electron chi connectivity index (χ0n) is 20.9. The molecule has 198 valence electrons. The Bertz CT molecular complexity index is 1320. The number of nitrogens with one attached hydrogen (secondary N) is 1. The van der Waals surface area contributed by atoms with E-state index in [9.17, 15) is 14.3 Å². The second-order valence-corrected chi connectivity index (χ2v) is 10.1. The maximum absolute atomic E-state index is 15.0. The minimum atomic E-state index is -0.707. The zero-order valence-corrected chi connectivity index (χ0v) is 21.7. The van der Waals surface area contributed by atoms with Crippen LogP contribution in [0.2, 0.25) is 5.02 Å². The van der Waals surface area contributed by atoms with Gasteiger partial charge in [0.2, 0.25) is 5.95 Å². The number of aromatic nitrogens is 4. The van der Waals surface area contributed by atoms with Crippen LogP contribution in [-0.2, 0) is 9.47 Å². The van der Waals surface area contributed by atoms with Gasteiger partial charge in [-0.1, -0.05) is 11.6 Å². The molecule has 0 spiro atoms. The molecule has 5 rings (SSSR count). The molecule has 2 saturated heterocycles. The lowest BCUT2D eigenvalue weighted by Gasteiger charge is -2.28. The van der Waals surface area contributed by atoms with Crippen molar-refractivity contribution in [1.82, 2.24) is 24.4 Å². The molecular formula is C25H30ClFN6O4. The number of fused-ring (bicyclic) bond motifs is 1. The highest BCUT2D eigenvalue weighted by atomic mass is 35.5. The number of benzene rings is 1. The summed E-state index contributed by atoms with van der Waals surface area (Å²) in [7, 11) is 1.37. The second-order valence-electron chi connectivity index (χ2n) is 9.73. The van der Waals surface area contributed by atoms with Crippen molar-refractivity contribution < 1.29 is 23.8 Å². The largest absolute Gasteiger partial charge is 0.453 e. The summed E-state index contributed by atoms with van der Waals surface area (Å²) in [5, 5.41) is 13.7. The number of methoxy groups -OCH3 is 1. The van der Waals surface area contributed by atoms with Gasteiger partial charge in [-0.25, -0.2) is 24.1 Å². The lowest BCUT2D eigenvalue weighted by molar-refractivity contribution is -0.0136. The summed E-state index contributed by atoms with van der Waals surface area (Å²) < 4.78 is 27.2. The number of halogens is 2. The van der Waals surface area contributed by atoms with Crippen LogP contribution in [-0.4, -0.2) is 81.2 Å². The van der Waals surface area contributed by atoms with Gasteiger partial charge in [0, 0.05) is 37.2 Å². The molecule has 3 atom stereocenters. The first-order chi connectivity index (χ1) is 17.8. The molecule has 2 fully saturated rings. The summed E-state index contributed by atoms with van der Waals surface area (Å²) in [6.07, 6.45) is 1.39. The maximum Gasteiger partial charge on any atom is 0.409 e. The van der Waals surface area contributed by atoms with Crippen molar-refractivity contribution in [3.05, 3.63) is 35.0 Å². The number of carbonyl (C=O) groups is 1. The normalized spacial score (nSPS) is 22.1. The molecule has 3 aromatic rings. The van der Waals surface area contributed by atoms with Gasteiger partial charge in [-0.3, -0.25) is 0 Å². The number of nitrogens with zero attached hydrogens (tertiary/aromatic N) is 5. The Morgan fingerprint density at radius 2 is 2.14 bits per heavy atom. The van der Waals surface area contributed by atoms with E-state index in [0.717, 1.165) is 24.0 Å². The van der Waals surface area contributed by atoms with Crippen LogP contribution >= 0.6 is 11.6 Å². The number of aliphatic hydroxyl groups excluding tert-OH is 1. The number of hydrogen-bond donors (Lipinski definition) is 2. The number of hydrogen-bond acceptors (Lipinski definition) is 8. The molecule has 2 N–H and O–H groups in total. The summed E-state index contributed by atoms with van der Waals surface area (Å²) in [4.78, 5) is 27.0. The first-order valence-corrected chi connectivity index (χ1v) is 12.7. The van der Waals surface area contributed by atoms with Crippen LogP contribution in [0.1, 0.15) is 44.5 Å². The third-order valence-corrected chi connectivity index (χ3v) is 7.23. The van der Waals surface area contributed by atoms with Crippen LogP contribution < -0.4 is 5.32 Å². The predicted octanol–water partition coefficient (Wildman–Crippen LogP) is 3.98. The molecule has 2 aliphatic heterocycles. The van der Waals surface area contributed by atoms with E-state index in [1.165, 1.54) is 7.11 Å². The van der Waals surface area contributed by atoms with E-state index in [-0.39, 0.29) is 42.3 Å². The fourth-order valence-electron chi connectivity index (χ4n) is 5.10. The standard InChI is InChI=1S/C25H30ClFN6O4/c1-13(2)33-19-9-15(21-17(27)10-28-24(31-21)29-18-5-7-37-12-20(18)34)8-16(26)22(19)30-23(33)14-4-6-32(11-14)25(35)36-3/h8-10,13-14,18,20,34H,4-7,11-12H2,1-3H3,(H,28,29,31)/t14-,18-,20-/m1/s1. The van der Waals surface area contributed by atoms with E-state index in [1.807, 2.05) is 19.9 Å². The number of amides is 1. The van der Waals surface area contributed by atoms with Crippen molar-refractivity contribution in [1.29, 1.82) is 0 Å². The Labute approximate surface area is 218 Å². The zero-order chi connectivity index (χ0) is 26.3. The maximum atomic E-state index is 15.0. The van der Waals surface area contributed by atoms with Gasteiger partial charge in [0.15, 0.2) is 5.82 Å². The lowest BCUT2D eigenvalue weighted by Crippen LogP contribution is -2.42. The van der Waals surface area contributed by atoms with Crippen molar-refractivity contribution >= 4 is 34.7 Å². The molecule has 4 heterocycles. The van der Waals surface area contributed by atoms with Crippen molar-refractivity contribution in [2.45, 2.75) is 50.8 Å². The van der Waals surface area contributed by atoms with Gasteiger partial charge >= 0.3 is 6.09 Å². The molecule has 0 bridgehead atoms. The summed E-state index contributed by atoms with van der Waals surface area (Å²) in [5.41, 5.74) is 1.96. The monoisotopic (exact) mass is 532 g/mol. The van der Waals surface area contributed by atoms with Crippen molar-refractivity contribution in [2.75, 3.05) is 38.7 Å². The van der Waals surface area contributed by atoms with Crippen LogP contribution in [0.25, 0.3) is 22.3 Å². The van der Waals surface area contributed by atoms with Gasteiger partial charge < -0.3 is 29.4 Å². The summed E-state index contributed by atoms with van der Waals surface area (Å²) in [6.45, 7) is 5.91. The second kappa shape index (κ2) is 10.4. The first kappa shape index (κ1) is 25.6. The van der Waals surface area contributed by atoms with Crippen LogP contribution in [0.3, 0.4) is 0 Å². The highest BCUT2D eigenvalue weighted by Gasteiger charge is 2.32. The summed E-state index contributed by atoms with van der Waals surface area (Å²) >= 11 is 6.69. The Kier molecular flexibility index (Phi) is 7.19. The van der Waals surface area contributed by atoms with Crippen LogP contribution in [0.5, 0.6) is 0 Å². The molecule has 10 nitrogen and oxygen atoms in total. The minimum absolute atomic E-state index is 0.0194. The first-order valence-electron chi connectivity index (χ1n) is 12.4. The predicted molar refractivity (Wildman–Crippen MR) is 136 cm³/mol. The van der Waals surface area contributed by atoms with E-state index < -0.39 is 11.9 Å². The molecule has 2 aliphatic rings. The van der Waals surface area contributed by atoms with Crippen molar-refractivity contribution in [3.63, 3.8) is 0 Å². The van der Waals surface area contributed by atoms with Crippen LogP contribution in [0.15, 0.2) is 18.3 Å². The molecule has 37 heavy (non-hydrogen) atoms. The molecule has 0 radical (unpaired) electrons. The average Bonchev–Trinajstić information content (AvgIpc) is 3.51. The molecule has 0 aliphatic carbocycles. The molecule has 2 aromatic heterocycles. The van der Waals surface area contributed by atoms with Gasteiger partial charge in [-0.15, -0.1) is 0 Å². The lowest BCUT2D eigenvalue weighted by atomic mass is 10.1. The van der Waals surface area contributed by atoms with Gasteiger partial charge in [-0.2, -0.15) is 0 Å². The molecule has 0 unspecified atom stereocenters. The van der Waals surface area contributed by atoms with Crippen LogP contribution in [0.4, 0.5) is 15.1 Å². The Hall–Kier alpha value is -3.02. The Balaban J connectivity index is 1.52. The number of anilines is 1. The van der Waals surface area contributed by atoms with E-state index >= 15 is 0 Å².